The fraction of sp³-hybridized carbons (Fsp3) is 0.529. The first kappa shape index (κ1) is 22.3. The Kier molecular flexibility index (Phi) is 9.51. The number of rotatable bonds is 12. The van der Waals surface area contributed by atoms with E-state index in [4.69, 9.17) is 14.9 Å². The van der Waals surface area contributed by atoms with Crippen LogP contribution < -0.4 is 5.32 Å². The van der Waals surface area contributed by atoms with Crippen LogP contribution in [0.5, 0.6) is 0 Å². The Labute approximate surface area is 152 Å². The Morgan fingerprint density at radius 1 is 1.19 bits per heavy atom. The molecule has 1 amide bonds. The van der Waals surface area contributed by atoms with Gasteiger partial charge in [0.25, 0.3) is 0 Å². The number of carboxylic acids is 1. The fourth-order valence-electron chi connectivity index (χ4n) is 2.44. The predicted molar refractivity (Wildman–Crippen MR) is 95.7 cm³/mol. The zero-order chi connectivity index (χ0) is 19.6. The smallest absolute Gasteiger partial charge is 0.469 e. The number of unbranched alkanes of at least 4 members (excludes halogenated alkanes) is 4. The van der Waals surface area contributed by atoms with Gasteiger partial charge < -0.3 is 20.2 Å². The molecule has 0 aliphatic carbocycles. The summed E-state index contributed by atoms with van der Waals surface area (Å²) in [5, 5.41) is 11.7. The third-order valence-electron chi connectivity index (χ3n) is 3.79. The van der Waals surface area contributed by atoms with Crippen molar-refractivity contribution in [2.75, 3.05) is 6.61 Å². The Morgan fingerprint density at radius 2 is 1.88 bits per heavy atom. The topological polar surface area (TPSA) is 133 Å². The SMILES string of the molecule is CCCCCCCC(=O)NC(COP(=O)(O)O)c1cccc(C(=O)O)c1. The van der Waals surface area contributed by atoms with E-state index in [0.29, 0.717) is 12.0 Å². The number of aromatic carboxylic acids is 1. The third kappa shape index (κ3) is 9.10. The molecule has 0 aromatic heterocycles. The number of hydrogen-bond acceptors (Lipinski definition) is 4. The number of carbonyl (C=O) groups excluding carboxylic acids is 1. The van der Waals surface area contributed by atoms with Crippen molar-refractivity contribution >= 4 is 19.7 Å². The summed E-state index contributed by atoms with van der Waals surface area (Å²) in [6, 6.07) is 4.95. The highest BCUT2D eigenvalue weighted by molar-refractivity contribution is 7.46. The van der Waals surface area contributed by atoms with Gasteiger partial charge in [-0.1, -0.05) is 44.7 Å². The van der Waals surface area contributed by atoms with Gasteiger partial charge in [-0.2, -0.15) is 0 Å². The molecule has 0 fully saturated rings. The van der Waals surface area contributed by atoms with Crippen LogP contribution in [0.4, 0.5) is 0 Å². The summed E-state index contributed by atoms with van der Waals surface area (Å²) in [5.74, 6) is -1.41. The minimum absolute atomic E-state index is 0.0116. The molecule has 26 heavy (non-hydrogen) atoms. The van der Waals surface area contributed by atoms with Crippen LogP contribution in [0.15, 0.2) is 24.3 Å². The van der Waals surface area contributed by atoms with Gasteiger partial charge in [0, 0.05) is 6.42 Å². The van der Waals surface area contributed by atoms with Gasteiger partial charge in [-0.15, -0.1) is 0 Å². The van der Waals surface area contributed by atoms with Crippen LogP contribution >= 0.6 is 7.82 Å². The van der Waals surface area contributed by atoms with Gasteiger partial charge in [-0.25, -0.2) is 9.36 Å². The van der Waals surface area contributed by atoms with Crippen molar-refractivity contribution in [1.29, 1.82) is 0 Å². The molecule has 8 nitrogen and oxygen atoms in total. The second kappa shape index (κ2) is 11.1. The molecule has 146 valence electrons. The second-order valence-electron chi connectivity index (χ2n) is 6.00. The van der Waals surface area contributed by atoms with Gasteiger partial charge in [-0.05, 0) is 24.1 Å². The molecule has 1 aromatic carbocycles. The van der Waals surface area contributed by atoms with E-state index in [1.165, 1.54) is 18.2 Å². The zero-order valence-electron chi connectivity index (χ0n) is 14.8. The van der Waals surface area contributed by atoms with Crippen LogP contribution in [0.1, 0.15) is 67.4 Å². The Morgan fingerprint density at radius 3 is 2.50 bits per heavy atom. The maximum absolute atomic E-state index is 12.1. The Bertz CT molecular complexity index is 644. The van der Waals surface area contributed by atoms with E-state index in [2.05, 4.69) is 16.8 Å². The molecule has 1 aromatic rings. The number of amides is 1. The highest BCUT2D eigenvalue weighted by Crippen LogP contribution is 2.37. The van der Waals surface area contributed by atoms with Gasteiger partial charge in [0.05, 0.1) is 18.2 Å². The first-order valence-electron chi connectivity index (χ1n) is 8.55. The average molecular weight is 387 g/mol. The van der Waals surface area contributed by atoms with Gasteiger partial charge in [-0.3, -0.25) is 9.32 Å². The monoisotopic (exact) mass is 387 g/mol. The van der Waals surface area contributed by atoms with Crippen molar-refractivity contribution in [3.8, 4) is 0 Å². The van der Waals surface area contributed by atoms with Crippen molar-refractivity contribution in [3.05, 3.63) is 35.4 Å². The minimum Gasteiger partial charge on any atom is -0.478 e. The quantitative estimate of drug-likeness (QED) is 0.320. The van der Waals surface area contributed by atoms with Crippen molar-refractivity contribution < 1.29 is 33.6 Å². The van der Waals surface area contributed by atoms with E-state index in [0.717, 1.165) is 25.7 Å². The number of carbonyl (C=O) groups is 2. The van der Waals surface area contributed by atoms with Crippen molar-refractivity contribution in [1.82, 2.24) is 5.32 Å². The Balaban J connectivity index is 2.75. The maximum atomic E-state index is 12.1. The summed E-state index contributed by atoms with van der Waals surface area (Å²) in [5.41, 5.74) is 0.412. The lowest BCUT2D eigenvalue weighted by molar-refractivity contribution is -0.122. The third-order valence-corrected chi connectivity index (χ3v) is 4.27. The number of phosphoric ester groups is 1. The molecule has 0 saturated carbocycles. The van der Waals surface area contributed by atoms with Crippen LogP contribution in [0.3, 0.4) is 0 Å². The Hall–Kier alpha value is -1.73. The summed E-state index contributed by atoms with van der Waals surface area (Å²) < 4.78 is 15.5. The van der Waals surface area contributed by atoms with E-state index in [1.54, 1.807) is 6.07 Å². The number of hydrogen-bond donors (Lipinski definition) is 4. The molecule has 0 radical (unpaired) electrons. The van der Waals surface area contributed by atoms with Crippen molar-refractivity contribution in [3.63, 3.8) is 0 Å². The van der Waals surface area contributed by atoms with Crippen LogP contribution in [0.2, 0.25) is 0 Å². The first-order chi connectivity index (χ1) is 12.2. The summed E-state index contributed by atoms with van der Waals surface area (Å²) in [4.78, 5) is 41.0. The highest BCUT2D eigenvalue weighted by atomic mass is 31.2. The predicted octanol–water partition coefficient (Wildman–Crippen LogP) is 3.01. The lowest BCUT2D eigenvalue weighted by Crippen LogP contribution is -2.31. The van der Waals surface area contributed by atoms with Gasteiger partial charge in [0.15, 0.2) is 0 Å². The lowest BCUT2D eigenvalue weighted by atomic mass is 10.0. The summed E-state index contributed by atoms with van der Waals surface area (Å²) in [6.07, 6.45) is 5.20. The molecule has 0 bridgehead atoms. The van der Waals surface area contributed by atoms with Crippen molar-refractivity contribution in [2.24, 2.45) is 0 Å². The normalized spacial score (nSPS) is 12.6. The number of carboxylic acid groups (broad SMARTS) is 1. The van der Waals surface area contributed by atoms with Crippen molar-refractivity contribution in [2.45, 2.75) is 51.5 Å². The van der Waals surface area contributed by atoms with Gasteiger partial charge >= 0.3 is 13.8 Å². The number of benzene rings is 1. The second-order valence-corrected chi connectivity index (χ2v) is 7.24. The molecular formula is C17H26NO7P. The molecule has 4 N–H and O–H groups in total. The van der Waals surface area contributed by atoms with E-state index >= 15 is 0 Å². The van der Waals surface area contributed by atoms with E-state index < -0.39 is 26.4 Å². The van der Waals surface area contributed by atoms with Crippen LogP contribution in [-0.2, 0) is 13.9 Å². The van der Waals surface area contributed by atoms with Crippen LogP contribution in [-0.4, -0.2) is 33.4 Å². The largest absolute Gasteiger partial charge is 0.478 e. The molecule has 0 aliphatic heterocycles. The summed E-state index contributed by atoms with van der Waals surface area (Å²) in [6.45, 7) is 1.64. The zero-order valence-corrected chi connectivity index (χ0v) is 15.7. The molecule has 0 saturated heterocycles. The van der Waals surface area contributed by atoms with Gasteiger partial charge in [0.2, 0.25) is 5.91 Å². The fourth-order valence-corrected chi connectivity index (χ4v) is 2.78. The molecule has 0 aliphatic rings. The summed E-state index contributed by atoms with van der Waals surface area (Å²) in [7, 11) is -4.72. The standard InChI is InChI=1S/C17H26NO7P/c1-2-3-4-5-6-10-16(19)18-15(12-25-26(22,23)24)13-8-7-9-14(11-13)17(20)21/h7-9,11,15H,2-6,10,12H2,1H3,(H,18,19)(H,20,21)(H2,22,23,24). The minimum atomic E-state index is -4.72. The summed E-state index contributed by atoms with van der Waals surface area (Å²) >= 11 is 0. The molecule has 0 heterocycles. The molecule has 0 spiro atoms. The van der Waals surface area contributed by atoms with E-state index in [1.807, 2.05) is 0 Å². The van der Waals surface area contributed by atoms with Gasteiger partial charge in [0.1, 0.15) is 0 Å². The maximum Gasteiger partial charge on any atom is 0.469 e. The highest BCUT2D eigenvalue weighted by Gasteiger charge is 2.22. The van der Waals surface area contributed by atoms with Crippen LogP contribution in [0, 0.1) is 0 Å². The molecular weight excluding hydrogens is 361 g/mol. The molecule has 1 rings (SSSR count). The van der Waals surface area contributed by atoms with E-state index in [-0.39, 0.29) is 17.9 Å². The number of nitrogens with one attached hydrogen (secondary N) is 1. The van der Waals surface area contributed by atoms with Crippen LogP contribution in [0.25, 0.3) is 0 Å². The molecule has 9 heteroatoms. The van der Waals surface area contributed by atoms with E-state index in [9.17, 15) is 14.2 Å². The average Bonchev–Trinajstić information content (AvgIpc) is 2.57. The first-order valence-corrected chi connectivity index (χ1v) is 10.1. The molecule has 1 unspecified atom stereocenters. The number of phosphoric acid groups is 1. The lowest BCUT2D eigenvalue weighted by Gasteiger charge is -2.20. The molecule has 1 atom stereocenters.